The van der Waals surface area contributed by atoms with Crippen LogP contribution in [0.4, 0.5) is 0 Å². The SMILES string of the molecule is COc1ccc(C=NNC(=O)Cc2cccc3ccccc23)cc1Cl. The lowest BCUT2D eigenvalue weighted by molar-refractivity contribution is -0.120. The third kappa shape index (κ3) is 4.17. The van der Waals surface area contributed by atoms with Gasteiger partial charge >= 0.3 is 0 Å². The third-order valence-corrected chi connectivity index (χ3v) is 4.11. The van der Waals surface area contributed by atoms with Crippen LogP contribution in [0.5, 0.6) is 5.75 Å². The van der Waals surface area contributed by atoms with Crippen LogP contribution in [-0.4, -0.2) is 19.2 Å². The van der Waals surface area contributed by atoms with E-state index in [1.54, 1.807) is 25.5 Å². The van der Waals surface area contributed by atoms with Gasteiger partial charge in [-0.05, 0) is 40.1 Å². The number of carbonyl (C=O) groups excluding carboxylic acids is 1. The molecule has 126 valence electrons. The predicted molar refractivity (Wildman–Crippen MR) is 101 cm³/mol. The molecule has 0 bridgehead atoms. The Hall–Kier alpha value is -2.85. The number of nitrogens with zero attached hydrogens (tertiary/aromatic N) is 1. The minimum Gasteiger partial charge on any atom is -0.495 e. The monoisotopic (exact) mass is 352 g/mol. The highest BCUT2D eigenvalue weighted by Gasteiger charge is 2.06. The van der Waals surface area contributed by atoms with E-state index in [1.807, 2.05) is 48.5 Å². The molecule has 0 atom stereocenters. The number of rotatable bonds is 5. The molecule has 1 N–H and O–H groups in total. The minimum atomic E-state index is -0.174. The van der Waals surface area contributed by atoms with Crippen molar-refractivity contribution in [2.24, 2.45) is 5.10 Å². The number of benzene rings is 3. The molecule has 4 nitrogen and oxygen atoms in total. The Morgan fingerprint density at radius 3 is 2.76 bits per heavy atom. The second-order valence-electron chi connectivity index (χ2n) is 5.50. The van der Waals surface area contributed by atoms with E-state index in [0.29, 0.717) is 10.8 Å². The Labute approximate surface area is 151 Å². The third-order valence-electron chi connectivity index (χ3n) is 3.81. The molecule has 0 spiro atoms. The zero-order valence-corrected chi connectivity index (χ0v) is 14.5. The molecule has 3 rings (SSSR count). The van der Waals surface area contributed by atoms with Crippen LogP contribution in [-0.2, 0) is 11.2 Å². The highest BCUT2D eigenvalue weighted by Crippen LogP contribution is 2.24. The van der Waals surface area contributed by atoms with E-state index in [1.165, 1.54) is 0 Å². The zero-order valence-electron chi connectivity index (χ0n) is 13.7. The molecule has 5 heteroatoms. The Bertz CT molecular complexity index is 933. The van der Waals surface area contributed by atoms with Crippen LogP contribution >= 0.6 is 11.6 Å². The summed E-state index contributed by atoms with van der Waals surface area (Å²) in [6.07, 6.45) is 1.81. The lowest BCUT2D eigenvalue weighted by atomic mass is 10.0. The number of methoxy groups -OCH3 is 1. The fourth-order valence-electron chi connectivity index (χ4n) is 2.60. The molecule has 0 heterocycles. The highest BCUT2D eigenvalue weighted by atomic mass is 35.5. The van der Waals surface area contributed by atoms with Crippen LogP contribution in [0.25, 0.3) is 10.8 Å². The molecule has 25 heavy (non-hydrogen) atoms. The summed E-state index contributed by atoms with van der Waals surface area (Å²) in [6.45, 7) is 0. The molecular formula is C20H17ClN2O2. The smallest absolute Gasteiger partial charge is 0.244 e. The van der Waals surface area contributed by atoms with Crippen molar-refractivity contribution in [3.63, 3.8) is 0 Å². The van der Waals surface area contributed by atoms with Gasteiger partial charge < -0.3 is 4.74 Å². The van der Waals surface area contributed by atoms with E-state index in [9.17, 15) is 4.79 Å². The summed E-state index contributed by atoms with van der Waals surface area (Å²) < 4.78 is 5.10. The van der Waals surface area contributed by atoms with E-state index in [2.05, 4.69) is 10.5 Å². The zero-order chi connectivity index (χ0) is 17.6. The maximum Gasteiger partial charge on any atom is 0.244 e. The first-order chi connectivity index (χ1) is 12.2. The second kappa shape index (κ2) is 7.81. The van der Waals surface area contributed by atoms with Crippen molar-refractivity contribution < 1.29 is 9.53 Å². The summed E-state index contributed by atoms with van der Waals surface area (Å²) in [4.78, 5) is 12.1. The van der Waals surface area contributed by atoms with Gasteiger partial charge in [0.05, 0.1) is 24.8 Å². The summed E-state index contributed by atoms with van der Waals surface area (Å²) in [7, 11) is 1.56. The van der Waals surface area contributed by atoms with Crippen molar-refractivity contribution in [2.75, 3.05) is 7.11 Å². The average molecular weight is 353 g/mol. The Balaban J connectivity index is 1.65. The van der Waals surface area contributed by atoms with Crippen LogP contribution in [0.2, 0.25) is 5.02 Å². The predicted octanol–water partition coefficient (Wildman–Crippen LogP) is 4.19. The molecule has 0 saturated carbocycles. The summed E-state index contributed by atoms with van der Waals surface area (Å²) >= 11 is 6.06. The molecule has 0 radical (unpaired) electrons. The van der Waals surface area contributed by atoms with Gasteiger partial charge in [0.1, 0.15) is 5.75 Å². The van der Waals surface area contributed by atoms with Gasteiger partial charge in [0.25, 0.3) is 0 Å². The number of carbonyl (C=O) groups is 1. The number of hydrazone groups is 1. The minimum absolute atomic E-state index is 0.174. The van der Waals surface area contributed by atoms with E-state index in [0.717, 1.165) is 21.9 Å². The molecule has 1 amide bonds. The first-order valence-corrected chi connectivity index (χ1v) is 8.17. The maximum atomic E-state index is 12.1. The maximum absolute atomic E-state index is 12.1. The highest BCUT2D eigenvalue weighted by molar-refractivity contribution is 6.32. The van der Waals surface area contributed by atoms with Crippen molar-refractivity contribution in [3.8, 4) is 5.75 Å². The summed E-state index contributed by atoms with van der Waals surface area (Å²) in [5.41, 5.74) is 4.29. The van der Waals surface area contributed by atoms with Crippen LogP contribution in [0.3, 0.4) is 0 Å². The fraction of sp³-hybridized carbons (Fsp3) is 0.100. The van der Waals surface area contributed by atoms with Crippen LogP contribution in [0, 0.1) is 0 Å². The van der Waals surface area contributed by atoms with E-state index in [-0.39, 0.29) is 12.3 Å². The fourth-order valence-corrected chi connectivity index (χ4v) is 2.87. The standard InChI is InChI=1S/C20H17ClN2O2/c1-25-19-10-9-14(11-18(19)21)13-22-23-20(24)12-16-7-4-6-15-5-2-3-8-17(15)16/h2-11,13H,12H2,1H3,(H,23,24). The quantitative estimate of drug-likeness (QED) is 0.552. The molecular weight excluding hydrogens is 336 g/mol. The number of ether oxygens (including phenoxy) is 1. The molecule has 0 fully saturated rings. The Morgan fingerprint density at radius 1 is 1.16 bits per heavy atom. The molecule has 3 aromatic rings. The molecule has 0 unspecified atom stereocenters. The lowest BCUT2D eigenvalue weighted by Gasteiger charge is -2.05. The lowest BCUT2D eigenvalue weighted by Crippen LogP contribution is -2.19. The summed E-state index contributed by atoms with van der Waals surface area (Å²) in [5, 5.41) is 6.67. The largest absolute Gasteiger partial charge is 0.495 e. The molecule has 0 aromatic heterocycles. The average Bonchev–Trinajstić information content (AvgIpc) is 2.62. The van der Waals surface area contributed by atoms with Gasteiger partial charge in [0.15, 0.2) is 0 Å². The van der Waals surface area contributed by atoms with Crippen LogP contribution < -0.4 is 10.2 Å². The number of halogens is 1. The van der Waals surface area contributed by atoms with Gasteiger partial charge in [-0.1, -0.05) is 54.1 Å². The van der Waals surface area contributed by atoms with Crippen molar-refractivity contribution in [2.45, 2.75) is 6.42 Å². The van der Waals surface area contributed by atoms with E-state index >= 15 is 0 Å². The Kier molecular flexibility index (Phi) is 5.31. The van der Waals surface area contributed by atoms with Crippen LogP contribution in [0.1, 0.15) is 11.1 Å². The van der Waals surface area contributed by atoms with Gasteiger partial charge in [-0.3, -0.25) is 4.79 Å². The van der Waals surface area contributed by atoms with Crippen molar-refractivity contribution in [1.29, 1.82) is 0 Å². The topological polar surface area (TPSA) is 50.7 Å². The van der Waals surface area contributed by atoms with E-state index in [4.69, 9.17) is 16.3 Å². The van der Waals surface area contributed by atoms with Crippen molar-refractivity contribution in [1.82, 2.24) is 5.43 Å². The van der Waals surface area contributed by atoms with Gasteiger partial charge in [0, 0.05) is 0 Å². The first-order valence-electron chi connectivity index (χ1n) is 7.79. The number of hydrogen-bond donors (Lipinski definition) is 1. The van der Waals surface area contributed by atoms with E-state index < -0.39 is 0 Å². The Morgan fingerprint density at radius 2 is 1.96 bits per heavy atom. The van der Waals surface area contributed by atoms with Gasteiger partial charge in [-0.15, -0.1) is 0 Å². The number of amides is 1. The van der Waals surface area contributed by atoms with Crippen molar-refractivity contribution >= 4 is 34.5 Å². The second-order valence-corrected chi connectivity index (χ2v) is 5.91. The van der Waals surface area contributed by atoms with Gasteiger partial charge in [-0.25, -0.2) is 5.43 Å². The normalized spacial score (nSPS) is 11.0. The summed E-state index contributed by atoms with van der Waals surface area (Å²) in [6, 6.07) is 19.2. The van der Waals surface area contributed by atoms with Crippen molar-refractivity contribution in [3.05, 3.63) is 76.8 Å². The molecule has 0 aliphatic carbocycles. The number of nitrogens with one attached hydrogen (secondary N) is 1. The van der Waals surface area contributed by atoms with Gasteiger partial charge in [-0.2, -0.15) is 5.10 Å². The van der Waals surface area contributed by atoms with Crippen LogP contribution in [0.15, 0.2) is 65.8 Å². The van der Waals surface area contributed by atoms with Gasteiger partial charge in [0.2, 0.25) is 5.91 Å². The number of fused-ring (bicyclic) bond motifs is 1. The molecule has 0 aliphatic rings. The number of hydrogen-bond acceptors (Lipinski definition) is 3. The molecule has 0 aliphatic heterocycles. The summed E-state index contributed by atoms with van der Waals surface area (Å²) in [5.74, 6) is 0.422. The first kappa shape index (κ1) is 17.0. The molecule has 0 saturated heterocycles. The molecule has 3 aromatic carbocycles.